The molecule has 76 valence electrons. The predicted octanol–water partition coefficient (Wildman–Crippen LogP) is 4.34. The van der Waals surface area contributed by atoms with Crippen LogP contribution >= 0.6 is 11.2 Å². The highest BCUT2D eigenvalue weighted by atomic mass is 32.4. The molecule has 0 bridgehead atoms. The minimum atomic E-state index is -1.06. The molecular formula is C11H17NSSi. The summed E-state index contributed by atoms with van der Waals surface area (Å²) in [6, 6.07) is 8.46. The molecule has 3 heteroatoms. The molecule has 0 amide bonds. The van der Waals surface area contributed by atoms with Crippen molar-refractivity contribution < 1.29 is 0 Å². The minimum Gasteiger partial charge on any atom is -0.262 e. The van der Waals surface area contributed by atoms with Crippen molar-refractivity contribution >= 4 is 30.3 Å². The highest BCUT2D eigenvalue weighted by Crippen LogP contribution is 2.29. The molecule has 0 aromatic heterocycles. The van der Waals surface area contributed by atoms with Gasteiger partial charge in [0, 0.05) is 11.1 Å². The van der Waals surface area contributed by atoms with Crippen LogP contribution in [-0.2, 0) is 0 Å². The Labute approximate surface area is 91.3 Å². The maximum absolute atomic E-state index is 4.22. The topological polar surface area (TPSA) is 12.4 Å². The van der Waals surface area contributed by atoms with E-state index in [2.05, 4.69) is 48.9 Å². The Hall–Kier alpha value is -0.543. The van der Waals surface area contributed by atoms with E-state index in [0.29, 0.717) is 0 Å². The third-order valence-electron chi connectivity index (χ3n) is 1.54. The molecule has 0 heterocycles. The number of nitrogens with zero attached hydrogens (tertiary/aromatic N) is 1. The summed E-state index contributed by atoms with van der Waals surface area (Å²) >= 11 is 2.01. The molecule has 1 aromatic carbocycles. The summed E-state index contributed by atoms with van der Waals surface area (Å²) in [7, 11) is -1.06. The fourth-order valence-corrected chi connectivity index (χ4v) is 4.61. The maximum atomic E-state index is 4.22. The number of aliphatic imine (C=N–C) groups is 1. The average Bonchev–Trinajstić information content (AvgIpc) is 2.06. The van der Waals surface area contributed by atoms with Crippen molar-refractivity contribution in [3.05, 3.63) is 24.3 Å². The van der Waals surface area contributed by atoms with Crippen molar-refractivity contribution in [3.8, 4) is 0 Å². The number of benzene rings is 1. The van der Waals surface area contributed by atoms with Gasteiger partial charge in [-0.1, -0.05) is 19.6 Å². The third-order valence-corrected chi connectivity index (χ3v) is 5.20. The molecule has 1 nitrogen and oxygen atoms in total. The van der Waals surface area contributed by atoms with Gasteiger partial charge in [0.1, 0.15) is 7.22 Å². The van der Waals surface area contributed by atoms with Crippen LogP contribution < -0.4 is 0 Å². The number of rotatable bonds is 3. The lowest BCUT2D eigenvalue weighted by Gasteiger charge is -2.14. The van der Waals surface area contributed by atoms with Crippen LogP contribution in [0.1, 0.15) is 6.92 Å². The second-order valence-electron chi connectivity index (χ2n) is 4.10. The summed E-state index contributed by atoms with van der Waals surface area (Å²) in [6.45, 7) is 9.01. The van der Waals surface area contributed by atoms with Crippen molar-refractivity contribution in [1.29, 1.82) is 0 Å². The van der Waals surface area contributed by atoms with E-state index in [0.717, 1.165) is 5.69 Å². The van der Waals surface area contributed by atoms with E-state index in [9.17, 15) is 0 Å². The van der Waals surface area contributed by atoms with Crippen LogP contribution in [0, 0.1) is 0 Å². The Morgan fingerprint density at radius 2 is 1.71 bits per heavy atom. The fourth-order valence-electron chi connectivity index (χ4n) is 1.10. The van der Waals surface area contributed by atoms with Crippen molar-refractivity contribution in [2.75, 3.05) is 0 Å². The molecule has 0 saturated carbocycles. The Bertz CT molecular complexity index is 311. The van der Waals surface area contributed by atoms with Crippen molar-refractivity contribution in [1.82, 2.24) is 0 Å². The monoisotopic (exact) mass is 223 g/mol. The molecule has 0 spiro atoms. The van der Waals surface area contributed by atoms with Crippen LogP contribution in [0.2, 0.25) is 19.6 Å². The lowest BCUT2D eigenvalue weighted by molar-refractivity contribution is 1.43. The van der Waals surface area contributed by atoms with Crippen molar-refractivity contribution in [2.45, 2.75) is 31.5 Å². The van der Waals surface area contributed by atoms with E-state index in [4.69, 9.17) is 0 Å². The highest BCUT2D eigenvalue weighted by molar-refractivity contribution is 8.28. The van der Waals surface area contributed by atoms with Gasteiger partial charge in [0.15, 0.2) is 0 Å². The van der Waals surface area contributed by atoms with Crippen LogP contribution in [0.15, 0.2) is 34.2 Å². The standard InChI is InChI=1S/C11H17NSSi/c1-5-12-10-6-8-11(9-7-10)13-14(2,3)4/h5-9H,1-4H3/b12-5+. The largest absolute Gasteiger partial charge is 0.262 e. The first kappa shape index (κ1) is 11.5. The van der Waals surface area contributed by atoms with E-state index in [-0.39, 0.29) is 0 Å². The van der Waals surface area contributed by atoms with Crippen molar-refractivity contribution in [3.63, 3.8) is 0 Å². The molecule has 0 unspecified atom stereocenters. The van der Waals surface area contributed by atoms with E-state index >= 15 is 0 Å². The highest BCUT2D eigenvalue weighted by Gasteiger charge is 2.14. The van der Waals surface area contributed by atoms with Gasteiger partial charge in [-0.3, -0.25) is 4.99 Å². The van der Waals surface area contributed by atoms with Crippen LogP contribution in [0.3, 0.4) is 0 Å². The Morgan fingerprint density at radius 1 is 1.14 bits per heavy atom. The van der Waals surface area contributed by atoms with E-state index < -0.39 is 7.22 Å². The molecule has 0 saturated heterocycles. The smallest absolute Gasteiger partial charge is 0.114 e. The number of hydrogen-bond acceptors (Lipinski definition) is 2. The first-order valence-electron chi connectivity index (χ1n) is 4.79. The second-order valence-corrected chi connectivity index (χ2v) is 13.3. The molecular weight excluding hydrogens is 206 g/mol. The molecule has 0 atom stereocenters. The Balaban J connectivity index is 2.74. The lowest BCUT2D eigenvalue weighted by atomic mass is 10.3. The van der Waals surface area contributed by atoms with E-state index in [1.807, 2.05) is 24.3 Å². The van der Waals surface area contributed by atoms with E-state index in [1.165, 1.54) is 4.90 Å². The van der Waals surface area contributed by atoms with Gasteiger partial charge in [-0.2, -0.15) is 11.2 Å². The van der Waals surface area contributed by atoms with Crippen LogP contribution in [0.5, 0.6) is 0 Å². The Kier molecular flexibility index (Phi) is 3.95. The van der Waals surface area contributed by atoms with Gasteiger partial charge >= 0.3 is 0 Å². The van der Waals surface area contributed by atoms with Gasteiger partial charge in [0.05, 0.1) is 5.69 Å². The summed E-state index contributed by atoms with van der Waals surface area (Å²) in [5.41, 5.74) is 1.03. The van der Waals surface area contributed by atoms with Gasteiger partial charge < -0.3 is 0 Å². The SMILES string of the molecule is C/C=N/c1ccc(S[Si](C)(C)C)cc1. The summed E-state index contributed by atoms with van der Waals surface area (Å²) < 4.78 is 0. The third kappa shape index (κ3) is 4.11. The second kappa shape index (κ2) is 4.80. The number of hydrogen-bond donors (Lipinski definition) is 0. The molecule has 0 radical (unpaired) electrons. The molecule has 1 aromatic rings. The summed E-state index contributed by atoms with van der Waals surface area (Å²) in [5, 5.41) is 0. The fraction of sp³-hybridized carbons (Fsp3) is 0.364. The molecule has 0 N–H and O–H groups in total. The normalized spacial score (nSPS) is 12.3. The zero-order chi connectivity index (χ0) is 10.6. The summed E-state index contributed by atoms with van der Waals surface area (Å²) in [6.07, 6.45) is 1.82. The summed E-state index contributed by atoms with van der Waals surface area (Å²) in [5.74, 6) is 0. The van der Waals surface area contributed by atoms with Crippen LogP contribution in [-0.4, -0.2) is 13.4 Å². The Morgan fingerprint density at radius 3 is 2.14 bits per heavy atom. The van der Waals surface area contributed by atoms with Crippen LogP contribution in [0.4, 0.5) is 5.69 Å². The van der Waals surface area contributed by atoms with Gasteiger partial charge in [-0.25, -0.2) is 0 Å². The first-order valence-corrected chi connectivity index (χ1v) is 9.83. The predicted molar refractivity (Wildman–Crippen MR) is 69.5 cm³/mol. The molecule has 1 rings (SSSR count). The first-order chi connectivity index (χ1) is 6.51. The molecule has 14 heavy (non-hydrogen) atoms. The van der Waals surface area contributed by atoms with Crippen molar-refractivity contribution in [2.24, 2.45) is 4.99 Å². The van der Waals surface area contributed by atoms with Gasteiger partial charge in [-0.15, -0.1) is 0 Å². The quantitative estimate of drug-likeness (QED) is 0.548. The van der Waals surface area contributed by atoms with Crippen LogP contribution in [0.25, 0.3) is 0 Å². The van der Waals surface area contributed by atoms with Gasteiger partial charge in [-0.05, 0) is 31.2 Å². The zero-order valence-electron chi connectivity index (χ0n) is 9.24. The van der Waals surface area contributed by atoms with Gasteiger partial charge in [0.25, 0.3) is 0 Å². The molecule has 0 aliphatic rings. The van der Waals surface area contributed by atoms with E-state index in [1.54, 1.807) is 0 Å². The van der Waals surface area contributed by atoms with Gasteiger partial charge in [0.2, 0.25) is 0 Å². The maximum Gasteiger partial charge on any atom is 0.114 e. The molecule has 0 fully saturated rings. The zero-order valence-corrected chi connectivity index (χ0v) is 11.1. The average molecular weight is 223 g/mol. The molecule has 0 aliphatic heterocycles. The minimum absolute atomic E-state index is 1.03. The lowest BCUT2D eigenvalue weighted by Crippen LogP contribution is -2.13. The molecule has 0 aliphatic carbocycles. The summed E-state index contributed by atoms with van der Waals surface area (Å²) in [4.78, 5) is 5.58.